The molecule has 0 aromatic carbocycles. The molecule has 22 heavy (non-hydrogen) atoms. The van der Waals surface area contributed by atoms with Crippen molar-refractivity contribution in [1.29, 1.82) is 0 Å². The van der Waals surface area contributed by atoms with Crippen LogP contribution in [-0.4, -0.2) is 11.1 Å². The molecule has 0 aliphatic carbocycles. The maximum Gasteiger partial charge on any atom is 0.303 e. The molecule has 0 saturated carbocycles. The number of carboxylic acid groups (broad SMARTS) is 1. The molecular weight excluding hydrogens is 272 g/mol. The summed E-state index contributed by atoms with van der Waals surface area (Å²) in [6.07, 6.45) is 23.5. The van der Waals surface area contributed by atoms with Crippen molar-refractivity contribution >= 4 is 5.97 Å². The van der Waals surface area contributed by atoms with E-state index in [2.05, 4.69) is 50.3 Å². The van der Waals surface area contributed by atoms with Crippen molar-refractivity contribution in [3.05, 3.63) is 36.5 Å². The number of aliphatic carboxylic acids is 1. The second kappa shape index (κ2) is 16.1. The first kappa shape index (κ1) is 20.7. The van der Waals surface area contributed by atoms with Gasteiger partial charge in [-0.25, -0.2) is 0 Å². The van der Waals surface area contributed by atoms with Gasteiger partial charge in [0.15, 0.2) is 0 Å². The number of allylic oxidation sites excluding steroid dienone is 6. The highest BCUT2D eigenvalue weighted by Crippen LogP contribution is 2.08. The quantitative estimate of drug-likeness (QED) is 0.302. The van der Waals surface area contributed by atoms with Crippen LogP contribution < -0.4 is 0 Å². The molecule has 0 saturated heterocycles. The molecule has 2 heteroatoms. The SMILES string of the molecule is CC(C)CCCC/C=C\C/C=C\C/C=C\CCCCC(=O)O. The van der Waals surface area contributed by atoms with Gasteiger partial charge in [0.1, 0.15) is 0 Å². The number of carboxylic acids is 1. The van der Waals surface area contributed by atoms with Crippen LogP contribution >= 0.6 is 0 Å². The molecule has 0 bridgehead atoms. The van der Waals surface area contributed by atoms with Crippen molar-refractivity contribution in [1.82, 2.24) is 0 Å². The third-order valence-electron chi connectivity index (χ3n) is 3.46. The summed E-state index contributed by atoms with van der Waals surface area (Å²) >= 11 is 0. The summed E-state index contributed by atoms with van der Waals surface area (Å²) in [6, 6.07) is 0. The fraction of sp³-hybridized carbons (Fsp3) is 0.650. The van der Waals surface area contributed by atoms with E-state index in [1.807, 2.05) is 0 Å². The maximum absolute atomic E-state index is 10.3. The van der Waals surface area contributed by atoms with Crippen LogP contribution in [0, 0.1) is 5.92 Å². The summed E-state index contributed by atoms with van der Waals surface area (Å²) in [4.78, 5) is 10.3. The Bertz CT molecular complexity index is 338. The van der Waals surface area contributed by atoms with E-state index < -0.39 is 5.97 Å². The largest absolute Gasteiger partial charge is 0.481 e. The lowest BCUT2D eigenvalue weighted by Gasteiger charge is -2.01. The Kier molecular flexibility index (Phi) is 15.1. The topological polar surface area (TPSA) is 37.3 Å². The van der Waals surface area contributed by atoms with Gasteiger partial charge >= 0.3 is 5.97 Å². The second-order valence-electron chi connectivity index (χ2n) is 6.20. The van der Waals surface area contributed by atoms with Crippen molar-refractivity contribution in [3.63, 3.8) is 0 Å². The van der Waals surface area contributed by atoms with Crippen LogP contribution in [0.3, 0.4) is 0 Å². The van der Waals surface area contributed by atoms with Crippen molar-refractivity contribution in [2.45, 2.75) is 78.1 Å². The minimum absolute atomic E-state index is 0.289. The van der Waals surface area contributed by atoms with Gasteiger partial charge in [-0.05, 0) is 50.9 Å². The minimum Gasteiger partial charge on any atom is -0.481 e. The molecule has 0 aliphatic heterocycles. The monoisotopic (exact) mass is 306 g/mol. The molecule has 0 aromatic heterocycles. The zero-order valence-electron chi connectivity index (χ0n) is 14.5. The molecule has 0 atom stereocenters. The Labute approximate surface area is 137 Å². The van der Waals surface area contributed by atoms with Crippen molar-refractivity contribution < 1.29 is 9.90 Å². The zero-order valence-corrected chi connectivity index (χ0v) is 14.5. The van der Waals surface area contributed by atoms with Crippen LogP contribution in [-0.2, 0) is 4.79 Å². The van der Waals surface area contributed by atoms with Crippen molar-refractivity contribution in [3.8, 4) is 0 Å². The molecule has 2 nitrogen and oxygen atoms in total. The third-order valence-corrected chi connectivity index (χ3v) is 3.46. The van der Waals surface area contributed by atoms with Gasteiger partial charge in [0, 0.05) is 6.42 Å². The molecule has 0 spiro atoms. The molecule has 0 rings (SSSR count). The van der Waals surface area contributed by atoms with Gasteiger partial charge < -0.3 is 5.11 Å². The van der Waals surface area contributed by atoms with Crippen LogP contribution in [0.15, 0.2) is 36.5 Å². The smallest absolute Gasteiger partial charge is 0.303 e. The Balaban J connectivity index is 3.34. The number of carbonyl (C=O) groups is 1. The average Bonchev–Trinajstić information content (AvgIpc) is 2.46. The van der Waals surface area contributed by atoms with E-state index in [9.17, 15) is 4.79 Å². The Morgan fingerprint density at radius 3 is 1.82 bits per heavy atom. The van der Waals surface area contributed by atoms with Crippen LogP contribution in [0.25, 0.3) is 0 Å². The maximum atomic E-state index is 10.3. The minimum atomic E-state index is -0.695. The molecule has 0 heterocycles. The molecular formula is C20H34O2. The number of rotatable bonds is 14. The number of unbranched alkanes of at least 4 members (excludes halogenated alkanes) is 4. The van der Waals surface area contributed by atoms with Crippen LogP contribution in [0.2, 0.25) is 0 Å². The van der Waals surface area contributed by atoms with Gasteiger partial charge in [-0.1, -0.05) is 63.1 Å². The highest BCUT2D eigenvalue weighted by molar-refractivity contribution is 5.66. The van der Waals surface area contributed by atoms with Gasteiger partial charge in [-0.3, -0.25) is 4.79 Å². The lowest BCUT2D eigenvalue weighted by atomic mass is 10.1. The fourth-order valence-corrected chi connectivity index (χ4v) is 2.13. The normalized spacial score (nSPS) is 12.3. The van der Waals surface area contributed by atoms with Crippen molar-refractivity contribution in [2.24, 2.45) is 5.92 Å². The predicted molar refractivity (Wildman–Crippen MR) is 96.1 cm³/mol. The fourth-order valence-electron chi connectivity index (χ4n) is 2.13. The van der Waals surface area contributed by atoms with Crippen LogP contribution in [0.5, 0.6) is 0 Å². The summed E-state index contributed by atoms with van der Waals surface area (Å²) in [7, 11) is 0. The molecule has 126 valence electrons. The highest BCUT2D eigenvalue weighted by Gasteiger charge is 1.94. The average molecular weight is 306 g/mol. The number of hydrogen-bond donors (Lipinski definition) is 1. The molecule has 0 unspecified atom stereocenters. The van der Waals surface area contributed by atoms with Gasteiger partial charge in [0.2, 0.25) is 0 Å². The van der Waals surface area contributed by atoms with Gasteiger partial charge in [-0.15, -0.1) is 0 Å². The zero-order chi connectivity index (χ0) is 16.5. The van der Waals surface area contributed by atoms with E-state index in [1.54, 1.807) is 0 Å². The van der Waals surface area contributed by atoms with Gasteiger partial charge in [0.05, 0.1) is 0 Å². The molecule has 1 N–H and O–H groups in total. The van der Waals surface area contributed by atoms with E-state index in [0.717, 1.165) is 38.0 Å². The first-order chi connectivity index (χ1) is 10.6. The molecule has 0 amide bonds. The summed E-state index contributed by atoms with van der Waals surface area (Å²) in [5.41, 5.74) is 0. The van der Waals surface area contributed by atoms with E-state index in [1.165, 1.54) is 25.7 Å². The van der Waals surface area contributed by atoms with Gasteiger partial charge in [-0.2, -0.15) is 0 Å². The molecule has 0 radical (unpaired) electrons. The predicted octanol–water partition coefficient (Wildman–Crippen LogP) is 6.30. The Morgan fingerprint density at radius 1 is 0.818 bits per heavy atom. The van der Waals surface area contributed by atoms with Crippen LogP contribution in [0.4, 0.5) is 0 Å². The van der Waals surface area contributed by atoms with E-state index in [-0.39, 0.29) is 6.42 Å². The second-order valence-corrected chi connectivity index (χ2v) is 6.20. The Hall–Kier alpha value is -1.31. The van der Waals surface area contributed by atoms with Gasteiger partial charge in [0.25, 0.3) is 0 Å². The van der Waals surface area contributed by atoms with E-state index in [4.69, 9.17) is 5.11 Å². The van der Waals surface area contributed by atoms with Crippen LogP contribution in [0.1, 0.15) is 78.1 Å². The van der Waals surface area contributed by atoms with Crippen molar-refractivity contribution in [2.75, 3.05) is 0 Å². The first-order valence-corrected chi connectivity index (χ1v) is 8.79. The Morgan fingerprint density at radius 2 is 1.32 bits per heavy atom. The molecule has 0 fully saturated rings. The van der Waals surface area contributed by atoms with E-state index in [0.29, 0.717) is 0 Å². The summed E-state index contributed by atoms with van der Waals surface area (Å²) in [6.45, 7) is 4.57. The summed E-state index contributed by atoms with van der Waals surface area (Å²) in [5.74, 6) is 0.136. The molecule has 0 aliphatic rings. The summed E-state index contributed by atoms with van der Waals surface area (Å²) in [5, 5.41) is 8.51. The number of hydrogen-bond acceptors (Lipinski definition) is 1. The third kappa shape index (κ3) is 18.7. The van der Waals surface area contributed by atoms with E-state index >= 15 is 0 Å². The molecule has 0 aromatic rings. The first-order valence-electron chi connectivity index (χ1n) is 8.79. The lowest BCUT2D eigenvalue weighted by molar-refractivity contribution is -0.137. The lowest BCUT2D eigenvalue weighted by Crippen LogP contribution is -1.92. The highest BCUT2D eigenvalue weighted by atomic mass is 16.4. The standard InChI is InChI=1S/C20H34O2/c1-19(2)17-15-13-11-9-7-5-3-4-6-8-10-12-14-16-18-20(21)22/h3-4,7-10,19H,5-6,11-18H2,1-2H3,(H,21,22)/b4-3-,9-7-,10-8-. The summed E-state index contributed by atoms with van der Waals surface area (Å²) < 4.78 is 0.